The number of carbonyl (C=O) groups excluding carboxylic acids is 1. The van der Waals surface area contributed by atoms with E-state index in [1.54, 1.807) is 0 Å². The molecule has 17 heavy (non-hydrogen) atoms. The second-order valence-electron chi connectivity index (χ2n) is 4.69. The molecule has 1 aromatic rings. The first-order valence-electron chi connectivity index (χ1n) is 6.22. The molecule has 0 aromatic heterocycles. The Balaban J connectivity index is 1.73. The van der Waals surface area contributed by atoms with Gasteiger partial charge in [0, 0.05) is 25.3 Å². The van der Waals surface area contributed by atoms with Crippen LogP contribution in [-0.2, 0) is 0 Å². The smallest absolute Gasteiger partial charge is 0.315 e. The van der Waals surface area contributed by atoms with E-state index in [1.807, 2.05) is 0 Å². The van der Waals surface area contributed by atoms with Crippen LogP contribution in [0.2, 0.25) is 0 Å². The molecule has 2 saturated heterocycles. The van der Waals surface area contributed by atoms with E-state index in [0.717, 1.165) is 0 Å². The van der Waals surface area contributed by atoms with Crippen LogP contribution in [0.5, 0.6) is 0 Å². The molecule has 1 atom stereocenters. The predicted octanol–water partition coefficient (Wildman–Crippen LogP) is 1.64. The molecule has 0 bridgehead atoms. The average molecular weight is 231 g/mol. The lowest BCUT2D eigenvalue weighted by Gasteiger charge is -2.18. The number of urea groups is 1. The Morgan fingerprint density at radius 3 is 2.41 bits per heavy atom. The fourth-order valence-electron chi connectivity index (χ4n) is 2.55. The van der Waals surface area contributed by atoms with E-state index >= 15 is 0 Å². The monoisotopic (exact) mass is 231 g/mol. The fraction of sp³-hybridized carbons (Fsp3) is 0.462. The zero-order valence-electron chi connectivity index (χ0n) is 9.78. The Morgan fingerprint density at radius 2 is 1.82 bits per heavy atom. The molecule has 1 aromatic carbocycles. The van der Waals surface area contributed by atoms with Gasteiger partial charge in [0.15, 0.2) is 0 Å². The van der Waals surface area contributed by atoms with Crippen LogP contribution in [0.4, 0.5) is 10.5 Å². The predicted molar refractivity (Wildman–Crippen MR) is 67.2 cm³/mol. The summed E-state index contributed by atoms with van der Waals surface area (Å²) in [5, 5.41) is 5.67. The van der Waals surface area contributed by atoms with Crippen molar-refractivity contribution in [1.29, 1.82) is 0 Å². The molecule has 2 heterocycles. The Labute approximate surface area is 101 Å². The van der Waals surface area contributed by atoms with Crippen molar-refractivity contribution in [3.63, 3.8) is 0 Å². The van der Waals surface area contributed by atoms with Crippen LogP contribution in [0.15, 0.2) is 24.3 Å². The first kappa shape index (κ1) is 10.4. The van der Waals surface area contributed by atoms with Gasteiger partial charge in [-0.1, -0.05) is 12.1 Å². The number of benzene rings is 1. The SMILES string of the molecule is O=C1NC[C@H](c2ccc(N3CCCC3)cc2)N1. The molecule has 0 unspecified atom stereocenters. The van der Waals surface area contributed by atoms with Gasteiger partial charge in [-0.05, 0) is 30.5 Å². The van der Waals surface area contributed by atoms with Crippen LogP contribution in [0.3, 0.4) is 0 Å². The van der Waals surface area contributed by atoms with Crippen molar-refractivity contribution in [3.05, 3.63) is 29.8 Å². The van der Waals surface area contributed by atoms with Crippen molar-refractivity contribution in [2.45, 2.75) is 18.9 Å². The molecule has 2 aliphatic heterocycles. The number of nitrogens with zero attached hydrogens (tertiary/aromatic N) is 1. The van der Waals surface area contributed by atoms with E-state index in [0.29, 0.717) is 6.54 Å². The van der Waals surface area contributed by atoms with Crippen molar-refractivity contribution in [1.82, 2.24) is 10.6 Å². The lowest BCUT2D eigenvalue weighted by Crippen LogP contribution is -2.21. The Kier molecular flexibility index (Phi) is 2.63. The quantitative estimate of drug-likeness (QED) is 0.812. The van der Waals surface area contributed by atoms with Crippen molar-refractivity contribution in [2.75, 3.05) is 24.5 Å². The molecule has 2 amide bonds. The van der Waals surface area contributed by atoms with E-state index in [9.17, 15) is 4.79 Å². The van der Waals surface area contributed by atoms with Gasteiger partial charge in [0.1, 0.15) is 0 Å². The van der Waals surface area contributed by atoms with Gasteiger partial charge in [-0.2, -0.15) is 0 Å². The molecule has 0 spiro atoms. The second-order valence-corrected chi connectivity index (χ2v) is 4.69. The van der Waals surface area contributed by atoms with Crippen LogP contribution < -0.4 is 15.5 Å². The van der Waals surface area contributed by atoms with Gasteiger partial charge in [-0.3, -0.25) is 0 Å². The third-order valence-corrected chi connectivity index (χ3v) is 3.54. The summed E-state index contributed by atoms with van der Waals surface area (Å²) < 4.78 is 0. The average Bonchev–Trinajstić information content (AvgIpc) is 3.00. The molecule has 3 rings (SSSR count). The molecular weight excluding hydrogens is 214 g/mol. The number of hydrogen-bond acceptors (Lipinski definition) is 2. The number of nitrogens with one attached hydrogen (secondary N) is 2. The van der Waals surface area contributed by atoms with Gasteiger partial charge < -0.3 is 15.5 Å². The van der Waals surface area contributed by atoms with Crippen LogP contribution >= 0.6 is 0 Å². The minimum atomic E-state index is -0.0707. The summed E-state index contributed by atoms with van der Waals surface area (Å²) in [6.07, 6.45) is 2.59. The largest absolute Gasteiger partial charge is 0.372 e. The van der Waals surface area contributed by atoms with Crippen LogP contribution in [0, 0.1) is 0 Å². The van der Waals surface area contributed by atoms with E-state index in [-0.39, 0.29) is 12.1 Å². The summed E-state index contributed by atoms with van der Waals surface area (Å²) in [7, 11) is 0. The third-order valence-electron chi connectivity index (χ3n) is 3.54. The zero-order valence-corrected chi connectivity index (χ0v) is 9.78. The molecule has 0 radical (unpaired) electrons. The van der Waals surface area contributed by atoms with Gasteiger partial charge in [-0.15, -0.1) is 0 Å². The summed E-state index contributed by atoms with van der Waals surface area (Å²) in [4.78, 5) is 13.5. The summed E-state index contributed by atoms with van der Waals surface area (Å²) in [6.45, 7) is 3.02. The van der Waals surface area contributed by atoms with Gasteiger partial charge in [0.25, 0.3) is 0 Å². The van der Waals surface area contributed by atoms with Crippen molar-refractivity contribution >= 4 is 11.7 Å². The third kappa shape index (κ3) is 2.07. The first-order valence-corrected chi connectivity index (χ1v) is 6.22. The second kappa shape index (κ2) is 4.28. The van der Waals surface area contributed by atoms with E-state index < -0.39 is 0 Å². The molecule has 90 valence electrons. The lowest BCUT2D eigenvalue weighted by atomic mass is 10.1. The molecule has 0 saturated carbocycles. The number of anilines is 1. The maximum atomic E-state index is 11.1. The van der Waals surface area contributed by atoms with Crippen LogP contribution in [0.1, 0.15) is 24.4 Å². The first-order chi connectivity index (χ1) is 8.33. The molecular formula is C13H17N3O. The normalized spacial score (nSPS) is 23.6. The topological polar surface area (TPSA) is 44.4 Å². The highest BCUT2D eigenvalue weighted by Crippen LogP contribution is 2.23. The summed E-state index contributed by atoms with van der Waals surface area (Å²) in [5.41, 5.74) is 2.47. The Hall–Kier alpha value is -1.71. The van der Waals surface area contributed by atoms with Crippen LogP contribution in [0.25, 0.3) is 0 Å². The van der Waals surface area contributed by atoms with Crippen molar-refractivity contribution in [2.24, 2.45) is 0 Å². The standard InChI is InChI=1S/C13H17N3O/c17-13-14-9-12(15-13)10-3-5-11(6-4-10)16-7-1-2-8-16/h3-6,12H,1-2,7-9H2,(H2,14,15,17)/t12-/m1/s1. The number of carbonyl (C=O) groups is 1. The number of hydrogen-bond donors (Lipinski definition) is 2. The minimum Gasteiger partial charge on any atom is -0.372 e. The van der Waals surface area contributed by atoms with Crippen molar-refractivity contribution < 1.29 is 4.79 Å². The Bertz CT molecular complexity index is 409. The maximum absolute atomic E-state index is 11.1. The summed E-state index contributed by atoms with van der Waals surface area (Å²) in [5.74, 6) is 0. The van der Waals surface area contributed by atoms with E-state index in [2.05, 4.69) is 39.8 Å². The van der Waals surface area contributed by atoms with Gasteiger partial charge in [0.05, 0.1) is 6.04 Å². The molecule has 2 aliphatic rings. The molecule has 2 fully saturated rings. The molecule has 2 N–H and O–H groups in total. The minimum absolute atomic E-state index is 0.0707. The molecule has 4 heteroatoms. The van der Waals surface area contributed by atoms with E-state index in [4.69, 9.17) is 0 Å². The zero-order chi connectivity index (χ0) is 11.7. The fourth-order valence-corrected chi connectivity index (χ4v) is 2.55. The summed E-state index contributed by atoms with van der Waals surface area (Å²) in [6, 6.07) is 8.60. The highest BCUT2D eigenvalue weighted by atomic mass is 16.2. The van der Waals surface area contributed by atoms with Gasteiger partial charge >= 0.3 is 6.03 Å². The van der Waals surface area contributed by atoms with Gasteiger partial charge in [-0.25, -0.2) is 4.79 Å². The molecule has 4 nitrogen and oxygen atoms in total. The lowest BCUT2D eigenvalue weighted by molar-refractivity contribution is 0.247. The van der Waals surface area contributed by atoms with Crippen LogP contribution in [-0.4, -0.2) is 25.7 Å². The highest BCUT2D eigenvalue weighted by molar-refractivity contribution is 5.76. The van der Waals surface area contributed by atoms with Crippen molar-refractivity contribution in [3.8, 4) is 0 Å². The Morgan fingerprint density at radius 1 is 1.12 bits per heavy atom. The molecule has 0 aliphatic carbocycles. The maximum Gasteiger partial charge on any atom is 0.315 e. The van der Waals surface area contributed by atoms with Gasteiger partial charge in [0.2, 0.25) is 0 Å². The van der Waals surface area contributed by atoms with E-state index in [1.165, 1.54) is 37.2 Å². The summed E-state index contributed by atoms with van der Waals surface area (Å²) >= 11 is 0. The highest BCUT2D eigenvalue weighted by Gasteiger charge is 2.21. The number of amides is 2. The number of rotatable bonds is 2.